The number of rotatable bonds is 4. The first-order valence-corrected chi connectivity index (χ1v) is 12.2. The van der Waals surface area contributed by atoms with Crippen molar-refractivity contribution in [3.8, 4) is 0 Å². The first-order valence-electron chi connectivity index (χ1n) is 12.2. The van der Waals surface area contributed by atoms with Gasteiger partial charge in [-0.3, -0.25) is 19.3 Å². The van der Waals surface area contributed by atoms with Crippen LogP contribution in [0.15, 0.2) is 42.5 Å². The fraction of sp³-hybridized carbons (Fsp3) is 0.444. The van der Waals surface area contributed by atoms with Crippen LogP contribution in [-0.4, -0.2) is 53.7 Å². The van der Waals surface area contributed by atoms with E-state index in [4.69, 9.17) is 0 Å². The van der Waals surface area contributed by atoms with Gasteiger partial charge in [0, 0.05) is 26.2 Å². The third kappa shape index (κ3) is 4.19. The Morgan fingerprint density at radius 2 is 1.79 bits per heavy atom. The van der Waals surface area contributed by atoms with Crippen molar-refractivity contribution < 1.29 is 18.8 Å². The van der Waals surface area contributed by atoms with Crippen molar-refractivity contribution in [1.29, 1.82) is 0 Å². The summed E-state index contributed by atoms with van der Waals surface area (Å²) in [5.74, 6) is -0.495. The Kier molecular flexibility index (Phi) is 6.11. The van der Waals surface area contributed by atoms with E-state index >= 15 is 0 Å². The number of imide groups is 1. The average Bonchev–Trinajstić information content (AvgIpc) is 3.08. The third-order valence-electron chi connectivity index (χ3n) is 7.29. The second-order valence-corrected chi connectivity index (χ2v) is 9.84. The van der Waals surface area contributed by atoms with E-state index in [9.17, 15) is 18.8 Å². The van der Waals surface area contributed by atoms with Crippen molar-refractivity contribution in [2.24, 2.45) is 11.8 Å². The first-order chi connectivity index (χ1) is 16.4. The summed E-state index contributed by atoms with van der Waals surface area (Å²) < 4.78 is 13.6. The Morgan fingerprint density at radius 3 is 2.59 bits per heavy atom. The number of anilines is 1. The summed E-state index contributed by atoms with van der Waals surface area (Å²) in [6.07, 6.45) is 3.92. The van der Waals surface area contributed by atoms with Crippen molar-refractivity contribution >= 4 is 23.4 Å². The highest BCUT2D eigenvalue weighted by Crippen LogP contribution is 2.35. The molecule has 2 fully saturated rings. The zero-order valence-corrected chi connectivity index (χ0v) is 19.5. The van der Waals surface area contributed by atoms with Crippen LogP contribution in [0, 0.1) is 17.7 Å². The van der Waals surface area contributed by atoms with Gasteiger partial charge in [-0.2, -0.15) is 0 Å². The van der Waals surface area contributed by atoms with Crippen LogP contribution in [0.4, 0.5) is 10.1 Å². The van der Waals surface area contributed by atoms with Gasteiger partial charge in [-0.25, -0.2) is 4.39 Å². The van der Waals surface area contributed by atoms with Gasteiger partial charge in [-0.1, -0.05) is 25.1 Å². The Hall–Kier alpha value is -3.22. The van der Waals surface area contributed by atoms with Gasteiger partial charge in [0.05, 0.1) is 29.3 Å². The maximum absolute atomic E-state index is 13.6. The molecule has 5 rings (SSSR count). The molecule has 178 valence electrons. The molecule has 0 N–H and O–H groups in total. The Balaban J connectivity index is 1.37. The van der Waals surface area contributed by atoms with Gasteiger partial charge in [-0.15, -0.1) is 0 Å². The van der Waals surface area contributed by atoms with Crippen LogP contribution < -0.4 is 4.90 Å². The monoisotopic (exact) mass is 463 g/mol. The van der Waals surface area contributed by atoms with E-state index in [0.29, 0.717) is 34.8 Å². The number of likely N-dealkylation sites (tertiary alicyclic amines) is 1. The van der Waals surface area contributed by atoms with Crippen LogP contribution >= 0.6 is 0 Å². The van der Waals surface area contributed by atoms with E-state index < -0.39 is 5.82 Å². The Bertz CT molecular complexity index is 1130. The van der Waals surface area contributed by atoms with Gasteiger partial charge in [0.1, 0.15) is 5.82 Å². The van der Waals surface area contributed by atoms with Crippen LogP contribution in [0.25, 0.3) is 0 Å². The molecule has 3 amide bonds. The Labute approximate surface area is 199 Å². The number of hydrogen-bond donors (Lipinski definition) is 0. The molecule has 0 bridgehead atoms. The van der Waals surface area contributed by atoms with Crippen LogP contribution in [0.3, 0.4) is 0 Å². The first kappa shape index (κ1) is 22.6. The van der Waals surface area contributed by atoms with Gasteiger partial charge < -0.3 is 9.80 Å². The molecule has 0 aliphatic carbocycles. The van der Waals surface area contributed by atoms with E-state index in [-0.39, 0.29) is 30.2 Å². The highest BCUT2D eigenvalue weighted by Gasteiger charge is 2.40. The SMILES string of the molecule is C[C@@H]1CCCN(C(=O)[C@@H]2CCCN(c3cccc4c3C(=O)N(Cc3cccc(F)c3)C4=O)C2)C1. The predicted octanol–water partition coefficient (Wildman–Crippen LogP) is 4.10. The fourth-order valence-electron chi connectivity index (χ4n) is 5.59. The number of benzene rings is 2. The third-order valence-corrected chi connectivity index (χ3v) is 7.29. The van der Waals surface area contributed by atoms with E-state index in [2.05, 4.69) is 11.8 Å². The number of fused-ring (bicyclic) bond motifs is 1. The lowest BCUT2D eigenvalue weighted by molar-refractivity contribution is -0.137. The minimum atomic E-state index is -0.401. The molecule has 0 aromatic heterocycles. The number of halogens is 1. The number of hydrogen-bond acceptors (Lipinski definition) is 4. The van der Waals surface area contributed by atoms with Crippen LogP contribution in [0.1, 0.15) is 58.9 Å². The zero-order chi connectivity index (χ0) is 23.8. The van der Waals surface area contributed by atoms with Gasteiger partial charge in [0.25, 0.3) is 11.8 Å². The molecule has 2 aromatic rings. The summed E-state index contributed by atoms with van der Waals surface area (Å²) in [4.78, 5) is 45.0. The lowest BCUT2D eigenvalue weighted by Crippen LogP contribution is -2.48. The average molecular weight is 464 g/mol. The summed E-state index contributed by atoms with van der Waals surface area (Å²) in [6.45, 7) is 5.14. The highest BCUT2D eigenvalue weighted by molar-refractivity contribution is 6.23. The predicted molar refractivity (Wildman–Crippen MR) is 127 cm³/mol. The second kappa shape index (κ2) is 9.20. The van der Waals surface area contributed by atoms with E-state index in [0.717, 1.165) is 38.9 Å². The minimum Gasteiger partial charge on any atom is -0.370 e. The molecule has 0 spiro atoms. The molecule has 0 saturated carbocycles. The summed E-state index contributed by atoms with van der Waals surface area (Å²) in [5, 5.41) is 0. The number of piperidine rings is 2. The number of amides is 3. The van der Waals surface area contributed by atoms with Crippen molar-refractivity contribution in [2.45, 2.75) is 39.2 Å². The van der Waals surface area contributed by atoms with Gasteiger partial charge in [0.15, 0.2) is 0 Å². The number of carbonyl (C=O) groups excluding carboxylic acids is 3. The van der Waals surface area contributed by atoms with Gasteiger partial charge in [0.2, 0.25) is 5.91 Å². The number of carbonyl (C=O) groups is 3. The molecule has 0 unspecified atom stereocenters. The zero-order valence-electron chi connectivity index (χ0n) is 19.5. The van der Waals surface area contributed by atoms with Crippen molar-refractivity contribution in [3.05, 3.63) is 65.0 Å². The van der Waals surface area contributed by atoms with Crippen molar-refractivity contribution in [2.75, 3.05) is 31.1 Å². The molecule has 3 aliphatic heterocycles. The molecule has 2 atom stereocenters. The summed E-state index contributed by atoms with van der Waals surface area (Å²) in [5.41, 5.74) is 2.04. The summed E-state index contributed by atoms with van der Waals surface area (Å²) in [6, 6.07) is 11.3. The van der Waals surface area contributed by atoms with Crippen molar-refractivity contribution in [3.63, 3.8) is 0 Å². The van der Waals surface area contributed by atoms with E-state index in [1.807, 2.05) is 11.0 Å². The maximum Gasteiger partial charge on any atom is 0.263 e. The molecule has 2 aromatic carbocycles. The topological polar surface area (TPSA) is 60.9 Å². The number of nitrogens with zero attached hydrogens (tertiary/aromatic N) is 3. The molecule has 3 heterocycles. The van der Waals surface area contributed by atoms with Crippen LogP contribution in [0.2, 0.25) is 0 Å². The molecule has 6 nitrogen and oxygen atoms in total. The fourth-order valence-corrected chi connectivity index (χ4v) is 5.59. The van der Waals surface area contributed by atoms with Crippen LogP contribution in [-0.2, 0) is 11.3 Å². The highest BCUT2D eigenvalue weighted by atomic mass is 19.1. The van der Waals surface area contributed by atoms with Gasteiger partial charge in [-0.05, 0) is 61.4 Å². The Morgan fingerprint density at radius 1 is 1.00 bits per heavy atom. The largest absolute Gasteiger partial charge is 0.370 e. The molecule has 7 heteroatoms. The normalized spacial score (nSPS) is 22.8. The minimum absolute atomic E-state index is 0.0256. The molecule has 0 radical (unpaired) electrons. The van der Waals surface area contributed by atoms with Gasteiger partial charge >= 0.3 is 0 Å². The maximum atomic E-state index is 13.6. The lowest BCUT2D eigenvalue weighted by atomic mass is 9.93. The molecule has 2 saturated heterocycles. The molecule has 34 heavy (non-hydrogen) atoms. The van der Waals surface area contributed by atoms with E-state index in [1.165, 1.54) is 23.5 Å². The molecule has 3 aliphatic rings. The smallest absolute Gasteiger partial charge is 0.263 e. The second-order valence-electron chi connectivity index (χ2n) is 9.84. The standard InChI is InChI=1S/C27H30FN3O3/c1-18-6-4-13-30(15-18)25(32)20-8-5-12-29(17-20)23-11-3-10-22-24(23)27(34)31(26(22)33)16-19-7-2-9-21(28)14-19/h2-3,7,9-11,14,18,20H,4-6,8,12-13,15-17H2,1H3/t18-,20-/m1/s1. The van der Waals surface area contributed by atoms with Crippen LogP contribution in [0.5, 0.6) is 0 Å². The van der Waals surface area contributed by atoms with Crippen molar-refractivity contribution in [1.82, 2.24) is 9.80 Å². The summed E-state index contributed by atoms with van der Waals surface area (Å²) in [7, 11) is 0. The lowest BCUT2D eigenvalue weighted by Gasteiger charge is -2.38. The quantitative estimate of drug-likeness (QED) is 0.641. The van der Waals surface area contributed by atoms with E-state index in [1.54, 1.807) is 24.3 Å². The molecular formula is C27H30FN3O3. The summed E-state index contributed by atoms with van der Waals surface area (Å²) >= 11 is 0. The molecular weight excluding hydrogens is 433 g/mol.